The van der Waals surface area contributed by atoms with E-state index in [2.05, 4.69) is 10.1 Å². The number of benzene rings is 1. The Balaban J connectivity index is 3.21. The number of anilines is 1. The second-order valence-electron chi connectivity index (χ2n) is 3.96. The lowest BCUT2D eigenvalue weighted by Crippen LogP contribution is -2.45. The van der Waals surface area contributed by atoms with E-state index in [0.29, 0.717) is 0 Å². The van der Waals surface area contributed by atoms with Crippen LogP contribution < -0.4 is 10.1 Å². The summed E-state index contributed by atoms with van der Waals surface area (Å²) in [6.07, 6.45) is -15.9. The van der Waals surface area contributed by atoms with Gasteiger partial charge < -0.3 is 10.1 Å². The smallest absolute Gasteiger partial charge is 0.427 e. The highest BCUT2D eigenvalue weighted by atomic mass is 35.5. The minimum atomic E-state index is -5.88. The van der Waals surface area contributed by atoms with Crippen LogP contribution in [-0.4, -0.2) is 25.0 Å². The molecular weight excluding hydrogens is 366 g/mol. The van der Waals surface area contributed by atoms with Gasteiger partial charge in [0.25, 0.3) is 6.17 Å². The van der Waals surface area contributed by atoms with Gasteiger partial charge in [-0.1, -0.05) is 23.2 Å². The topological polar surface area (TPSA) is 21.3 Å². The molecule has 2 nitrogen and oxygen atoms in total. The molecule has 11 heteroatoms. The summed E-state index contributed by atoms with van der Waals surface area (Å²) in [4.78, 5) is 0. The van der Waals surface area contributed by atoms with Crippen molar-refractivity contribution in [3.05, 3.63) is 21.9 Å². The van der Waals surface area contributed by atoms with Crippen LogP contribution in [0.1, 0.15) is 6.92 Å². The number of nitrogens with one attached hydrogen (secondary N) is 1. The average molecular weight is 374 g/mol. The Morgan fingerprint density at radius 2 is 1.77 bits per heavy atom. The van der Waals surface area contributed by atoms with Gasteiger partial charge in [0.2, 0.25) is 0 Å². The predicted octanol–water partition coefficient (Wildman–Crippen LogP) is 5.44. The fourth-order valence-corrected chi connectivity index (χ4v) is 1.90. The average Bonchev–Trinajstić information content (AvgIpc) is 2.39. The second kappa shape index (κ2) is 6.57. The summed E-state index contributed by atoms with van der Waals surface area (Å²) >= 11 is 10.9. The summed E-state index contributed by atoms with van der Waals surface area (Å²) in [7, 11) is 0. The van der Waals surface area contributed by atoms with E-state index < -0.39 is 40.1 Å². The molecule has 0 saturated heterocycles. The van der Waals surface area contributed by atoms with Crippen LogP contribution >= 0.6 is 23.2 Å². The largest absolute Gasteiger partial charge is 0.439 e. The van der Waals surface area contributed by atoms with Crippen molar-refractivity contribution in [3.63, 3.8) is 0 Å². The maximum absolute atomic E-state index is 13.7. The number of hydrogen-bond acceptors (Lipinski definition) is 2. The van der Waals surface area contributed by atoms with Crippen LogP contribution in [0, 0.1) is 5.82 Å². The third kappa shape index (κ3) is 4.01. The van der Waals surface area contributed by atoms with Crippen LogP contribution in [0.2, 0.25) is 10.0 Å². The monoisotopic (exact) mass is 373 g/mol. The summed E-state index contributed by atoms with van der Waals surface area (Å²) in [6.45, 7) is 1.80. The summed E-state index contributed by atoms with van der Waals surface area (Å²) in [5.41, 5.74) is -0.277. The Hall–Kier alpha value is -1.09. The molecule has 0 saturated carbocycles. The van der Waals surface area contributed by atoms with Crippen molar-refractivity contribution in [2.24, 2.45) is 0 Å². The highest BCUT2D eigenvalue weighted by Crippen LogP contribution is 2.44. The van der Waals surface area contributed by atoms with Crippen molar-refractivity contribution in [1.29, 1.82) is 0 Å². The molecule has 0 bridgehead atoms. The molecule has 0 aliphatic rings. The van der Waals surface area contributed by atoms with Gasteiger partial charge in [-0.15, -0.1) is 0 Å². The van der Waals surface area contributed by atoms with Gasteiger partial charge in [-0.2, -0.15) is 22.0 Å². The van der Waals surface area contributed by atoms with Crippen molar-refractivity contribution in [3.8, 4) is 5.75 Å². The molecule has 0 aliphatic carbocycles. The van der Waals surface area contributed by atoms with Crippen LogP contribution in [0.5, 0.6) is 5.75 Å². The Bertz CT molecular complexity index is 550. The molecule has 1 aromatic carbocycles. The van der Waals surface area contributed by atoms with Crippen molar-refractivity contribution < 1.29 is 35.5 Å². The molecule has 0 amide bonds. The van der Waals surface area contributed by atoms with Gasteiger partial charge in [0.05, 0.1) is 10.7 Å². The van der Waals surface area contributed by atoms with Gasteiger partial charge in [-0.05, 0) is 13.0 Å². The van der Waals surface area contributed by atoms with Crippen molar-refractivity contribution in [2.45, 2.75) is 25.4 Å². The summed E-state index contributed by atoms with van der Waals surface area (Å²) in [5.74, 6) is -2.57. The standard InChI is InChI=1S/C11H8Cl2F7NO/c1-2-21-5-3-4(12)8(6(13)7(5)14)22-11(19,20)9(15)10(16,17)18/h3,9,21H,2H2,1H3. The molecule has 0 fully saturated rings. The fourth-order valence-electron chi connectivity index (χ4n) is 1.37. The number of ether oxygens (including phenoxy) is 1. The maximum atomic E-state index is 13.7. The minimum absolute atomic E-state index is 0.223. The molecule has 1 atom stereocenters. The molecular formula is C11H8Cl2F7NO. The van der Waals surface area contributed by atoms with E-state index in [1.54, 1.807) is 6.92 Å². The first-order valence-corrected chi connectivity index (χ1v) is 6.36. The van der Waals surface area contributed by atoms with E-state index >= 15 is 0 Å². The van der Waals surface area contributed by atoms with Gasteiger partial charge >= 0.3 is 12.3 Å². The first kappa shape index (κ1) is 19.0. The molecule has 22 heavy (non-hydrogen) atoms. The van der Waals surface area contributed by atoms with Crippen molar-refractivity contribution >= 4 is 28.9 Å². The second-order valence-corrected chi connectivity index (χ2v) is 4.75. The molecule has 0 aliphatic heterocycles. The summed E-state index contributed by atoms with van der Waals surface area (Å²) in [5, 5.41) is 0.642. The van der Waals surface area contributed by atoms with Gasteiger partial charge in [-0.3, -0.25) is 0 Å². The van der Waals surface area contributed by atoms with E-state index in [9.17, 15) is 30.7 Å². The van der Waals surface area contributed by atoms with Gasteiger partial charge in [-0.25, -0.2) is 8.78 Å². The number of halogens is 9. The highest BCUT2D eigenvalue weighted by Gasteiger charge is 2.59. The molecule has 1 aromatic rings. The lowest BCUT2D eigenvalue weighted by atomic mass is 10.2. The van der Waals surface area contributed by atoms with Crippen LogP contribution in [-0.2, 0) is 0 Å². The van der Waals surface area contributed by atoms with Crippen LogP contribution in [0.25, 0.3) is 0 Å². The van der Waals surface area contributed by atoms with Gasteiger partial charge in [0, 0.05) is 6.54 Å². The van der Waals surface area contributed by atoms with E-state index in [4.69, 9.17) is 23.2 Å². The molecule has 0 spiro atoms. The SMILES string of the molecule is CCNc1cc(Cl)c(OC(F)(F)C(F)C(F)(F)F)c(Cl)c1F. The molecule has 1 N–H and O–H groups in total. The Morgan fingerprint density at radius 3 is 2.23 bits per heavy atom. The van der Waals surface area contributed by atoms with Crippen LogP contribution in [0.3, 0.4) is 0 Å². The molecule has 0 radical (unpaired) electrons. The summed E-state index contributed by atoms with van der Waals surface area (Å²) < 4.78 is 92.5. The lowest BCUT2D eigenvalue weighted by molar-refractivity contribution is -0.304. The lowest BCUT2D eigenvalue weighted by Gasteiger charge is -2.24. The van der Waals surface area contributed by atoms with Crippen LogP contribution in [0.4, 0.5) is 36.4 Å². The quantitative estimate of drug-likeness (QED) is 0.548. The third-order valence-corrected chi connectivity index (χ3v) is 2.92. The van der Waals surface area contributed by atoms with E-state index in [-0.39, 0.29) is 12.2 Å². The molecule has 0 heterocycles. The molecule has 1 unspecified atom stereocenters. The fraction of sp³-hybridized carbons (Fsp3) is 0.455. The normalized spacial score (nSPS) is 13.9. The summed E-state index contributed by atoms with van der Waals surface area (Å²) in [6, 6.07) is 0.776. The zero-order chi connectivity index (χ0) is 17.3. The minimum Gasteiger partial charge on any atom is -0.427 e. The number of rotatable bonds is 5. The Labute approximate surface area is 130 Å². The van der Waals surface area contributed by atoms with Crippen LogP contribution in [0.15, 0.2) is 6.07 Å². The first-order chi connectivity index (χ1) is 9.91. The number of alkyl halides is 6. The van der Waals surface area contributed by atoms with Gasteiger partial charge in [0.1, 0.15) is 5.02 Å². The maximum Gasteiger partial charge on any atom is 0.439 e. The first-order valence-electron chi connectivity index (χ1n) is 5.60. The predicted molar refractivity (Wildman–Crippen MR) is 67.1 cm³/mol. The van der Waals surface area contributed by atoms with Crippen molar-refractivity contribution in [1.82, 2.24) is 0 Å². The number of hydrogen-bond donors (Lipinski definition) is 1. The Morgan fingerprint density at radius 1 is 1.23 bits per heavy atom. The highest BCUT2D eigenvalue weighted by molar-refractivity contribution is 6.37. The van der Waals surface area contributed by atoms with E-state index in [1.807, 2.05) is 0 Å². The van der Waals surface area contributed by atoms with E-state index in [0.717, 1.165) is 6.07 Å². The molecule has 1 rings (SSSR count). The molecule has 0 aromatic heterocycles. The van der Waals surface area contributed by atoms with E-state index in [1.165, 1.54) is 0 Å². The van der Waals surface area contributed by atoms with Gasteiger partial charge in [0.15, 0.2) is 11.6 Å². The Kier molecular flexibility index (Phi) is 5.66. The zero-order valence-corrected chi connectivity index (χ0v) is 12.2. The van der Waals surface area contributed by atoms with Crippen molar-refractivity contribution in [2.75, 3.05) is 11.9 Å². The third-order valence-electron chi connectivity index (χ3n) is 2.30. The molecule has 126 valence electrons. The zero-order valence-electron chi connectivity index (χ0n) is 10.7.